The van der Waals surface area contributed by atoms with E-state index in [1.165, 1.54) is 18.7 Å². The van der Waals surface area contributed by atoms with Gasteiger partial charge in [0, 0.05) is 48.6 Å². The standard InChI is InChI=1S/C20H17N5O2/c21-20(26)19-16-12-18(16)27-17-7-9-22-13-15(17)6-4-2-1-3-5-8-23-14-24-10-11-25-19/h1-11,13-14H,12H2,(H2,21,26)/b2-1-,5-3-,6-4-,11-10-,23-8?,24-14?,25-19?. The average Bonchev–Trinajstić information content (AvgIpc) is 3.41. The first kappa shape index (κ1) is 17.9. The first-order valence-electron chi connectivity index (χ1n) is 8.17. The lowest BCUT2D eigenvalue weighted by Crippen LogP contribution is -2.22. The Morgan fingerprint density at radius 1 is 1.07 bits per heavy atom. The Morgan fingerprint density at radius 3 is 2.81 bits per heavy atom. The zero-order valence-electron chi connectivity index (χ0n) is 14.4. The van der Waals surface area contributed by atoms with Crippen LogP contribution in [0.4, 0.5) is 0 Å². The van der Waals surface area contributed by atoms with Crippen LogP contribution < -0.4 is 10.5 Å². The van der Waals surface area contributed by atoms with Gasteiger partial charge in [-0.15, -0.1) is 0 Å². The molecular weight excluding hydrogens is 342 g/mol. The normalized spacial score (nSPS) is 21.3. The molecule has 0 bridgehead atoms. The minimum absolute atomic E-state index is 0.162. The van der Waals surface area contributed by atoms with Gasteiger partial charge in [-0.1, -0.05) is 24.3 Å². The lowest BCUT2D eigenvalue weighted by atomic mass is 10.2. The van der Waals surface area contributed by atoms with Crippen molar-refractivity contribution < 1.29 is 9.53 Å². The lowest BCUT2D eigenvalue weighted by Gasteiger charge is -2.04. The molecule has 7 heteroatoms. The molecular formula is C20H17N5O2. The molecule has 0 unspecified atom stereocenters. The summed E-state index contributed by atoms with van der Waals surface area (Å²) in [7, 11) is 0. The van der Waals surface area contributed by atoms with E-state index in [0.717, 1.165) is 5.56 Å². The van der Waals surface area contributed by atoms with Crippen LogP contribution in [0.1, 0.15) is 12.0 Å². The number of aromatic nitrogens is 1. The Balaban J connectivity index is 1.93. The van der Waals surface area contributed by atoms with Crippen LogP contribution in [0.15, 0.2) is 87.5 Å². The van der Waals surface area contributed by atoms with E-state index >= 15 is 0 Å². The van der Waals surface area contributed by atoms with E-state index in [0.29, 0.717) is 23.5 Å². The molecule has 1 aromatic rings. The molecule has 27 heavy (non-hydrogen) atoms. The van der Waals surface area contributed by atoms with Gasteiger partial charge in [-0.2, -0.15) is 0 Å². The third kappa shape index (κ3) is 5.30. The fourth-order valence-electron chi connectivity index (χ4n) is 2.18. The largest absolute Gasteiger partial charge is 0.460 e. The van der Waals surface area contributed by atoms with Crippen LogP contribution >= 0.6 is 0 Å². The van der Waals surface area contributed by atoms with Crippen LogP contribution in [0.2, 0.25) is 0 Å². The number of carbonyl (C=O) groups is 1. The van der Waals surface area contributed by atoms with Gasteiger partial charge >= 0.3 is 0 Å². The number of fused-ring (bicyclic) bond motifs is 1. The van der Waals surface area contributed by atoms with Gasteiger partial charge in [0.2, 0.25) is 0 Å². The van der Waals surface area contributed by atoms with Gasteiger partial charge in [-0.25, -0.2) is 15.0 Å². The van der Waals surface area contributed by atoms with E-state index in [-0.39, 0.29) is 5.71 Å². The molecule has 0 saturated heterocycles. The summed E-state index contributed by atoms with van der Waals surface area (Å²) >= 11 is 0. The summed E-state index contributed by atoms with van der Waals surface area (Å²) in [6.07, 6.45) is 20.8. The maximum absolute atomic E-state index is 11.7. The number of ether oxygens (including phenoxy) is 1. The predicted octanol–water partition coefficient (Wildman–Crippen LogP) is 2.75. The van der Waals surface area contributed by atoms with Crippen molar-refractivity contribution in [2.45, 2.75) is 6.42 Å². The molecule has 2 heterocycles. The summed E-state index contributed by atoms with van der Waals surface area (Å²) in [5, 5.41) is 0. The number of rotatable bonds is 1. The van der Waals surface area contributed by atoms with Crippen molar-refractivity contribution in [2.75, 3.05) is 0 Å². The van der Waals surface area contributed by atoms with Crippen molar-refractivity contribution in [3.63, 3.8) is 0 Å². The van der Waals surface area contributed by atoms with Crippen LogP contribution in [0.5, 0.6) is 5.75 Å². The molecule has 0 atom stereocenters. The Morgan fingerprint density at radius 2 is 1.93 bits per heavy atom. The molecule has 7 nitrogen and oxygen atoms in total. The van der Waals surface area contributed by atoms with Gasteiger partial charge in [-0.3, -0.25) is 9.78 Å². The van der Waals surface area contributed by atoms with Crippen molar-refractivity contribution in [3.8, 4) is 5.75 Å². The van der Waals surface area contributed by atoms with E-state index in [4.69, 9.17) is 10.5 Å². The highest BCUT2D eigenvalue weighted by Crippen LogP contribution is 2.35. The molecule has 134 valence electrons. The molecule has 0 saturated carbocycles. The Kier molecular flexibility index (Phi) is 5.98. The molecule has 2 aliphatic rings. The number of primary amides is 1. The van der Waals surface area contributed by atoms with E-state index < -0.39 is 5.91 Å². The van der Waals surface area contributed by atoms with E-state index in [1.54, 1.807) is 30.8 Å². The zero-order valence-corrected chi connectivity index (χ0v) is 14.4. The quantitative estimate of drug-likeness (QED) is 0.834. The highest BCUT2D eigenvalue weighted by molar-refractivity contribution is 6.46. The molecule has 0 radical (unpaired) electrons. The zero-order chi connectivity index (χ0) is 18.9. The predicted molar refractivity (Wildman–Crippen MR) is 107 cm³/mol. The van der Waals surface area contributed by atoms with Gasteiger partial charge in [-0.05, 0) is 18.2 Å². The van der Waals surface area contributed by atoms with Crippen molar-refractivity contribution in [3.05, 3.63) is 78.1 Å². The summed E-state index contributed by atoms with van der Waals surface area (Å²) in [6, 6.07) is 1.76. The number of amides is 1. The maximum atomic E-state index is 11.7. The monoisotopic (exact) mass is 359 g/mol. The molecule has 1 aliphatic carbocycles. The number of hydrogen-bond acceptors (Lipinski definition) is 6. The van der Waals surface area contributed by atoms with Gasteiger partial charge < -0.3 is 10.5 Å². The minimum atomic E-state index is -0.619. The smallest absolute Gasteiger partial charge is 0.267 e. The van der Waals surface area contributed by atoms with Gasteiger partial charge in [0.1, 0.15) is 23.6 Å². The Bertz CT molecular complexity index is 962. The SMILES string of the molecule is NC(=O)C1=N/C=C\N=CN=C\C=C/C=C\C=C/c2cnccc2OC2=C1C2. The molecule has 0 aromatic carbocycles. The van der Waals surface area contributed by atoms with Gasteiger partial charge in [0.15, 0.2) is 0 Å². The molecule has 0 fully saturated rings. The third-order valence-electron chi connectivity index (χ3n) is 3.49. The Labute approximate surface area is 156 Å². The second kappa shape index (κ2) is 9.00. The van der Waals surface area contributed by atoms with Crippen molar-refractivity contribution in [1.29, 1.82) is 0 Å². The van der Waals surface area contributed by atoms with Crippen LogP contribution in [0.25, 0.3) is 6.08 Å². The highest BCUT2D eigenvalue weighted by atomic mass is 16.5. The van der Waals surface area contributed by atoms with Gasteiger partial charge in [0.25, 0.3) is 5.91 Å². The summed E-state index contributed by atoms with van der Waals surface area (Å²) in [5.41, 5.74) is 7.08. The molecule has 0 spiro atoms. The van der Waals surface area contributed by atoms with Crippen LogP contribution in [-0.4, -0.2) is 29.2 Å². The maximum Gasteiger partial charge on any atom is 0.267 e. The number of carbonyl (C=O) groups excluding carboxylic acids is 1. The first-order valence-corrected chi connectivity index (χ1v) is 8.17. The minimum Gasteiger partial charge on any atom is -0.460 e. The summed E-state index contributed by atoms with van der Waals surface area (Å²) in [5.74, 6) is 0.682. The summed E-state index contributed by atoms with van der Waals surface area (Å²) in [4.78, 5) is 27.8. The third-order valence-corrected chi connectivity index (χ3v) is 3.49. The van der Waals surface area contributed by atoms with Crippen LogP contribution in [-0.2, 0) is 4.79 Å². The second-order valence-corrected chi connectivity index (χ2v) is 5.43. The van der Waals surface area contributed by atoms with E-state index in [1.807, 2.05) is 30.4 Å². The van der Waals surface area contributed by atoms with Crippen molar-refractivity contribution in [2.24, 2.45) is 20.7 Å². The topological polar surface area (TPSA) is 102 Å². The van der Waals surface area contributed by atoms with E-state index in [2.05, 4.69) is 20.0 Å². The van der Waals surface area contributed by atoms with Crippen molar-refractivity contribution >= 4 is 30.2 Å². The molecule has 2 N–H and O–H groups in total. The summed E-state index contributed by atoms with van der Waals surface area (Å²) < 4.78 is 5.90. The number of nitrogens with two attached hydrogens (primary N) is 1. The fourth-order valence-corrected chi connectivity index (χ4v) is 2.18. The number of pyridine rings is 1. The van der Waals surface area contributed by atoms with E-state index in [9.17, 15) is 4.79 Å². The molecule has 1 aromatic heterocycles. The molecule has 1 amide bonds. The lowest BCUT2D eigenvalue weighted by molar-refractivity contribution is -0.111. The van der Waals surface area contributed by atoms with Gasteiger partial charge in [0.05, 0.1) is 0 Å². The second-order valence-electron chi connectivity index (χ2n) is 5.43. The number of hydrogen-bond donors (Lipinski definition) is 1. The fraction of sp³-hybridized carbons (Fsp3) is 0.0500. The number of aliphatic imine (C=N–C) groups is 3. The first-order chi connectivity index (χ1) is 13.3. The number of allylic oxidation sites excluding steroid dienone is 6. The molecule has 3 rings (SSSR count). The molecule has 1 aliphatic heterocycles. The summed E-state index contributed by atoms with van der Waals surface area (Å²) in [6.45, 7) is 0. The Hall–Kier alpha value is -3.87. The van der Waals surface area contributed by atoms with Crippen LogP contribution in [0.3, 0.4) is 0 Å². The van der Waals surface area contributed by atoms with Crippen molar-refractivity contribution in [1.82, 2.24) is 4.98 Å². The number of nitrogens with zero attached hydrogens (tertiary/aromatic N) is 4. The highest BCUT2D eigenvalue weighted by Gasteiger charge is 2.32. The average molecular weight is 359 g/mol. The van der Waals surface area contributed by atoms with Crippen LogP contribution in [0, 0.1) is 0 Å².